The second kappa shape index (κ2) is 4.25. The normalized spacial score (nSPS) is 27.1. The summed E-state index contributed by atoms with van der Waals surface area (Å²) in [7, 11) is 0. The Morgan fingerprint density at radius 2 is 1.94 bits per heavy atom. The highest BCUT2D eigenvalue weighted by Gasteiger charge is 2.52. The fourth-order valence-corrected chi connectivity index (χ4v) is 2.20. The summed E-state index contributed by atoms with van der Waals surface area (Å²) >= 11 is 0. The zero-order valence-corrected chi connectivity index (χ0v) is 9.84. The maximum atomic E-state index is 12.0. The second-order valence-corrected chi connectivity index (χ2v) is 4.62. The van der Waals surface area contributed by atoms with Crippen LogP contribution >= 0.6 is 0 Å². The van der Waals surface area contributed by atoms with E-state index in [1.165, 1.54) is 0 Å². The van der Waals surface area contributed by atoms with Gasteiger partial charge in [0.05, 0.1) is 0 Å². The molecule has 2 rings (SSSR count). The van der Waals surface area contributed by atoms with E-state index < -0.39 is 29.1 Å². The van der Waals surface area contributed by atoms with E-state index in [2.05, 4.69) is 5.32 Å². The third kappa shape index (κ3) is 1.99. The maximum absolute atomic E-state index is 12.0. The Labute approximate surface area is 104 Å². The van der Waals surface area contributed by atoms with E-state index in [9.17, 15) is 14.4 Å². The molecular formula is C13H13NO4. The molecule has 18 heavy (non-hydrogen) atoms. The summed E-state index contributed by atoms with van der Waals surface area (Å²) in [6, 6.07) is 9.17. The average Bonchev–Trinajstić information content (AvgIpc) is 2.50. The molecule has 94 valence electrons. The Kier molecular flexibility index (Phi) is 2.90. The van der Waals surface area contributed by atoms with Gasteiger partial charge in [0.25, 0.3) is 0 Å². The molecule has 0 spiro atoms. The standard InChI is InChI=1S/C13H13NO4/c1-13(7-8-5-3-2-4-6-8)10(15)9(12(17)18)11(16)14-13/h2-6,9H,7H2,1H3,(H,14,16)(H,17,18). The van der Waals surface area contributed by atoms with Crippen molar-refractivity contribution in [2.24, 2.45) is 5.92 Å². The molecule has 2 unspecified atom stereocenters. The van der Waals surface area contributed by atoms with E-state index in [-0.39, 0.29) is 0 Å². The first kappa shape index (κ1) is 12.3. The minimum absolute atomic E-state index is 0.294. The van der Waals surface area contributed by atoms with Crippen LogP contribution in [0.25, 0.3) is 0 Å². The molecule has 1 heterocycles. The molecule has 1 aromatic carbocycles. The number of hydrogen-bond acceptors (Lipinski definition) is 3. The molecule has 1 aromatic rings. The topological polar surface area (TPSA) is 83.5 Å². The highest BCUT2D eigenvalue weighted by atomic mass is 16.4. The largest absolute Gasteiger partial charge is 0.480 e. The van der Waals surface area contributed by atoms with Gasteiger partial charge in [-0.1, -0.05) is 30.3 Å². The summed E-state index contributed by atoms with van der Waals surface area (Å²) in [5, 5.41) is 11.4. The molecule has 1 aliphatic rings. The molecule has 5 heteroatoms. The van der Waals surface area contributed by atoms with Crippen LogP contribution in [0.4, 0.5) is 0 Å². The quantitative estimate of drug-likeness (QED) is 0.757. The average molecular weight is 247 g/mol. The Hall–Kier alpha value is -2.17. The fourth-order valence-electron chi connectivity index (χ4n) is 2.20. The summed E-state index contributed by atoms with van der Waals surface area (Å²) < 4.78 is 0. The molecule has 0 saturated carbocycles. The first-order valence-corrected chi connectivity index (χ1v) is 5.57. The van der Waals surface area contributed by atoms with Crippen LogP contribution in [0.15, 0.2) is 30.3 Å². The van der Waals surface area contributed by atoms with Crippen LogP contribution < -0.4 is 5.32 Å². The van der Waals surface area contributed by atoms with Crippen molar-refractivity contribution in [3.63, 3.8) is 0 Å². The van der Waals surface area contributed by atoms with Gasteiger partial charge < -0.3 is 10.4 Å². The Bertz CT molecular complexity index is 511. The molecule has 2 atom stereocenters. The molecule has 2 N–H and O–H groups in total. The number of carboxylic acids is 1. The fraction of sp³-hybridized carbons (Fsp3) is 0.308. The van der Waals surface area contributed by atoms with Crippen LogP contribution in [0.2, 0.25) is 0 Å². The number of amides is 1. The van der Waals surface area contributed by atoms with Crippen molar-refractivity contribution in [3.05, 3.63) is 35.9 Å². The van der Waals surface area contributed by atoms with Crippen molar-refractivity contribution in [3.8, 4) is 0 Å². The van der Waals surface area contributed by atoms with E-state index in [1.807, 2.05) is 30.3 Å². The smallest absolute Gasteiger partial charge is 0.323 e. The van der Waals surface area contributed by atoms with E-state index in [0.717, 1.165) is 5.56 Å². The van der Waals surface area contributed by atoms with E-state index >= 15 is 0 Å². The number of benzene rings is 1. The van der Waals surface area contributed by atoms with Crippen molar-refractivity contribution in [1.82, 2.24) is 5.32 Å². The number of aliphatic carboxylic acids is 1. The van der Waals surface area contributed by atoms with Crippen LogP contribution in [-0.4, -0.2) is 28.3 Å². The van der Waals surface area contributed by atoms with Gasteiger partial charge in [-0.15, -0.1) is 0 Å². The van der Waals surface area contributed by atoms with Crippen LogP contribution in [0.5, 0.6) is 0 Å². The van der Waals surface area contributed by atoms with Crippen LogP contribution in [0.1, 0.15) is 12.5 Å². The lowest BCUT2D eigenvalue weighted by atomic mass is 9.87. The number of nitrogens with one attached hydrogen (secondary N) is 1. The monoisotopic (exact) mass is 247 g/mol. The zero-order valence-electron chi connectivity index (χ0n) is 9.84. The third-order valence-electron chi connectivity index (χ3n) is 3.11. The molecule has 1 saturated heterocycles. The van der Waals surface area contributed by atoms with Crippen molar-refractivity contribution >= 4 is 17.7 Å². The van der Waals surface area contributed by atoms with Gasteiger partial charge in [0.1, 0.15) is 5.54 Å². The van der Waals surface area contributed by atoms with E-state index in [1.54, 1.807) is 6.92 Å². The summed E-state index contributed by atoms with van der Waals surface area (Å²) in [6.45, 7) is 1.56. The van der Waals surface area contributed by atoms with E-state index in [0.29, 0.717) is 6.42 Å². The number of hydrogen-bond donors (Lipinski definition) is 2. The first-order valence-electron chi connectivity index (χ1n) is 5.57. The van der Waals surface area contributed by atoms with Gasteiger partial charge in [-0.2, -0.15) is 0 Å². The lowest BCUT2D eigenvalue weighted by Crippen LogP contribution is -2.45. The third-order valence-corrected chi connectivity index (χ3v) is 3.11. The summed E-state index contributed by atoms with van der Waals surface area (Å²) in [6.07, 6.45) is 0.294. The highest BCUT2D eigenvalue weighted by molar-refractivity contribution is 6.23. The molecule has 1 fully saturated rings. The van der Waals surface area contributed by atoms with Gasteiger partial charge in [0.2, 0.25) is 5.91 Å². The SMILES string of the molecule is CC1(Cc2ccccc2)NC(=O)C(C(=O)O)C1=O. The van der Waals surface area contributed by atoms with Crippen molar-refractivity contribution < 1.29 is 19.5 Å². The van der Waals surface area contributed by atoms with Gasteiger partial charge in [-0.3, -0.25) is 14.4 Å². The summed E-state index contributed by atoms with van der Waals surface area (Å²) in [4.78, 5) is 34.4. The van der Waals surface area contributed by atoms with Gasteiger partial charge in [0.15, 0.2) is 11.7 Å². The molecule has 0 radical (unpaired) electrons. The Morgan fingerprint density at radius 1 is 1.33 bits per heavy atom. The van der Waals surface area contributed by atoms with Gasteiger partial charge in [-0.05, 0) is 12.5 Å². The molecule has 1 amide bonds. The summed E-state index contributed by atoms with van der Waals surface area (Å²) in [5.41, 5.74) is -0.263. The van der Waals surface area contributed by atoms with Crippen LogP contribution in [0, 0.1) is 5.92 Å². The molecule has 0 aliphatic carbocycles. The van der Waals surface area contributed by atoms with Crippen molar-refractivity contribution in [2.45, 2.75) is 18.9 Å². The van der Waals surface area contributed by atoms with E-state index in [4.69, 9.17) is 5.11 Å². The summed E-state index contributed by atoms with van der Waals surface area (Å²) in [5.74, 6) is -4.29. The molecular weight excluding hydrogens is 234 g/mol. The second-order valence-electron chi connectivity index (χ2n) is 4.62. The lowest BCUT2D eigenvalue weighted by molar-refractivity contribution is -0.148. The number of Topliss-reactive ketones (excluding diaryl/α,β-unsaturated/α-hetero) is 1. The Balaban J connectivity index is 2.25. The maximum Gasteiger partial charge on any atom is 0.323 e. The van der Waals surface area contributed by atoms with Gasteiger partial charge >= 0.3 is 5.97 Å². The number of ketones is 1. The number of carbonyl (C=O) groups excluding carboxylic acids is 2. The van der Waals surface area contributed by atoms with Crippen molar-refractivity contribution in [1.29, 1.82) is 0 Å². The number of carbonyl (C=O) groups is 3. The first-order chi connectivity index (χ1) is 8.44. The number of rotatable bonds is 3. The van der Waals surface area contributed by atoms with Gasteiger partial charge in [0, 0.05) is 6.42 Å². The predicted molar refractivity (Wildman–Crippen MR) is 62.8 cm³/mol. The number of carboxylic acid groups (broad SMARTS) is 1. The Morgan fingerprint density at radius 3 is 2.44 bits per heavy atom. The molecule has 5 nitrogen and oxygen atoms in total. The highest BCUT2D eigenvalue weighted by Crippen LogP contribution is 2.25. The molecule has 0 bridgehead atoms. The minimum Gasteiger partial charge on any atom is -0.480 e. The molecule has 0 aromatic heterocycles. The van der Waals surface area contributed by atoms with Crippen molar-refractivity contribution in [2.75, 3.05) is 0 Å². The van der Waals surface area contributed by atoms with Crippen LogP contribution in [-0.2, 0) is 20.8 Å². The van der Waals surface area contributed by atoms with Gasteiger partial charge in [-0.25, -0.2) is 0 Å². The van der Waals surface area contributed by atoms with Crippen LogP contribution in [0.3, 0.4) is 0 Å². The zero-order chi connectivity index (χ0) is 13.3. The lowest BCUT2D eigenvalue weighted by Gasteiger charge is -2.22. The predicted octanol–water partition coefficient (Wildman–Crippen LogP) is 0.387. The molecule has 1 aliphatic heterocycles. The minimum atomic E-state index is -1.58.